The topological polar surface area (TPSA) is 32.3 Å². The van der Waals surface area contributed by atoms with Crippen LogP contribution in [0.25, 0.3) is 0 Å². The average molecular weight is 238 g/mol. The van der Waals surface area contributed by atoms with E-state index >= 15 is 0 Å². The molecule has 2 fully saturated rings. The predicted octanol–water partition coefficient (Wildman–Crippen LogP) is 2.37. The lowest BCUT2D eigenvalue weighted by molar-refractivity contribution is -0.130. The van der Waals surface area contributed by atoms with Crippen LogP contribution in [0.5, 0.6) is 0 Å². The second-order valence-electron chi connectivity index (χ2n) is 5.71. The predicted molar refractivity (Wildman–Crippen MR) is 69.5 cm³/mol. The van der Waals surface area contributed by atoms with Gasteiger partial charge in [0.2, 0.25) is 5.91 Å². The number of nitrogens with one attached hydrogen (secondary N) is 1. The first-order valence-corrected chi connectivity index (χ1v) is 7.23. The molecule has 1 saturated carbocycles. The fourth-order valence-electron chi connectivity index (χ4n) is 3.34. The Hall–Kier alpha value is -0.570. The normalized spacial score (nSPS) is 38.1. The van der Waals surface area contributed by atoms with E-state index in [-0.39, 0.29) is 12.2 Å². The quantitative estimate of drug-likeness (QED) is 0.815. The zero-order chi connectivity index (χ0) is 12.4. The van der Waals surface area contributed by atoms with Gasteiger partial charge in [-0.05, 0) is 31.1 Å². The molecular weight excluding hydrogens is 212 g/mol. The van der Waals surface area contributed by atoms with Gasteiger partial charge in [0.25, 0.3) is 0 Å². The van der Waals surface area contributed by atoms with Crippen molar-refractivity contribution in [3.63, 3.8) is 0 Å². The first kappa shape index (κ1) is 12.9. The van der Waals surface area contributed by atoms with Gasteiger partial charge in [-0.15, -0.1) is 0 Å². The van der Waals surface area contributed by atoms with Crippen LogP contribution in [0, 0.1) is 11.8 Å². The average Bonchev–Trinajstić information content (AvgIpc) is 2.86. The summed E-state index contributed by atoms with van der Waals surface area (Å²) in [5.74, 6) is 1.85. The zero-order valence-corrected chi connectivity index (χ0v) is 11.4. The summed E-state index contributed by atoms with van der Waals surface area (Å²) in [7, 11) is 0. The number of amides is 1. The first-order chi connectivity index (χ1) is 8.17. The van der Waals surface area contributed by atoms with Gasteiger partial charge in [-0.2, -0.15) is 0 Å². The summed E-state index contributed by atoms with van der Waals surface area (Å²) in [6.07, 6.45) is 6.19. The summed E-state index contributed by atoms with van der Waals surface area (Å²) in [5, 5.41) is 3.46. The molecule has 17 heavy (non-hydrogen) atoms. The van der Waals surface area contributed by atoms with E-state index in [0.29, 0.717) is 5.91 Å². The number of nitrogens with zero attached hydrogens (tertiary/aromatic N) is 1. The van der Waals surface area contributed by atoms with Crippen LogP contribution in [0.1, 0.15) is 52.9 Å². The third kappa shape index (κ3) is 2.49. The standard InChI is InChI=1S/C14H26N2O/c1-4-12-14(17)16(13(5-2)15-12)9-11-8-6-7-10(11)3/h10-13,15H,4-9H2,1-3H3. The van der Waals surface area contributed by atoms with E-state index in [2.05, 4.69) is 31.0 Å². The Balaban J connectivity index is 2.00. The van der Waals surface area contributed by atoms with E-state index in [9.17, 15) is 4.79 Å². The molecule has 1 heterocycles. The maximum absolute atomic E-state index is 12.3. The largest absolute Gasteiger partial charge is 0.326 e. The van der Waals surface area contributed by atoms with E-state index in [1.807, 2.05) is 0 Å². The van der Waals surface area contributed by atoms with Gasteiger partial charge in [0.15, 0.2) is 0 Å². The molecule has 1 saturated heterocycles. The van der Waals surface area contributed by atoms with Crippen molar-refractivity contribution in [1.29, 1.82) is 0 Å². The van der Waals surface area contributed by atoms with Crippen molar-refractivity contribution in [2.45, 2.75) is 65.1 Å². The van der Waals surface area contributed by atoms with Gasteiger partial charge in [0.05, 0.1) is 12.2 Å². The molecule has 0 bridgehead atoms. The van der Waals surface area contributed by atoms with Crippen molar-refractivity contribution in [2.75, 3.05) is 6.54 Å². The van der Waals surface area contributed by atoms with Gasteiger partial charge in [-0.1, -0.05) is 33.6 Å². The third-order valence-electron chi connectivity index (χ3n) is 4.62. The zero-order valence-electron chi connectivity index (χ0n) is 11.4. The molecule has 1 aliphatic carbocycles. The van der Waals surface area contributed by atoms with Gasteiger partial charge in [-0.3, -0.25) is 10.1 Å². The van der Waals surface area contributed by atoms with E-state index in [1.165, 1.54) is 19.3 Å². The smallest absolute Gasteiger partial charge is 0.241 e. The maximum Gasteiger partial charge on any atom is 0.241 e. The van der Waals surface area contributed by atoms with Gasteiger partial charge in [-0.25, -0.2) is 0 Å². The lowest BCUT2D eigenvalue weighted by Crippen LogP contribution is -2.40. The van der Waals surface area contributed by atoms with Crippen LogP contribution in [0.2, 0.25) is 0 Å². The SMILES string of the molecule is CCC1NC(CC)N(CC2CCCC2C)C1=O. The lowest BCUT2D eigenvalue weighted by Gasteiger charge is -2.28. The Bertz CT molecular complexity index is 279. The number of hydrogen-bond donors (Lipinski definition) is 1. The molecule has 1 aliphatic heterocycles. The Labute approximate surface area is 105 Å². The highest BCUT2D eigenvalue weighted by Crippen LogP contribution is 2.33. The maximum atomic E-state index is 12.3. The van der Waals surface area contributed by atoms with Crippen molar-refractivity contribution < 1.29 is 4.79 Å². The fourth-order valence-corrected chi connectivity index (χ4v) is 3.34. The molecule has 0 radical (unpaired) electrons. The summed E-state index contributed by atoms with van der Waals surface area (Å²) < 4.78 is 0. The van der Waals surface area contributed by atoms with Crippen molar-refractivity contribution in [2.24, 2.45) is 11.8 Å². The van der Waals surface area contributed by atoms with Gasteiger partial charge < -0.3 is 4.90 Å². The highest BCUT2D eigenvalue weighted by Gasteiger charge is 2.38. The van der Waals surface area contributed by atoms with Crippen LogP contribution in [-0.4, -0.2) is 29.6 Å². The van der Waals surface area contributed by atoms with Crippen LogP contribution >= 0.6 is 0 Å². The monoisotopic (exact) mass is 238 g/mol. The highest BCUT2D eigenvalue weighted by atomic mass is 16.2. The van der Waals surface area contributed by atoms with E-state index in [4.69, 9.17) is 0 Å². The number of carbonyl (C=O) groups is 1. The number of hydrogen-bond acceptors (Lipinski definition) is 2. The van der Waals surface area contributed by atoms with Crippen LogP contribution < -0.4 is 5.32 Å². The molecule has 2 aliphatic rings. The molecule has 4 atom stereocenters. The van der Waals surface area contributed by atoms with Crippen molar-refractivity contribution in [1.82, 2.24) is 10.2 Å². The molecule has 3 heteroatoms. The minimum atomic E-state index is 0.0664. The van der Waals surface area contributed by atoms with Gasteiger partial charge >= 0.3 is 0 Å². The van der Waals surface area contributed by atoms with Crippen LogP contribution in [0.4, 0.5) is 0 Å². The molecule has 3 nitrogen and oxygen atoms in total. The Morgan fingerprint density at radius 2 is 2.06 bits per heavy atom. The number of rotatable bonds is 4. The van der Waals surface area contributed by atoms with Gasteiger partial charge in [0, 0.05) is 6.54 Å². The molecule has 1 N–H and O–H groups in total. The summed E-state index contributed by atoms with van der Waals surface area (Å²) >= 11 is 0. The molecule has 2 rings (SSSR count). The molecule has 1 amide bonds. The Morgan fingerprint density at radius 3 is 2.59 bits per heavy atom. The summed E-state index contributed by atoms with van der Waals surface area (Å²) in [4.78, 5) is 14.4. The van der Waals surface area contributed by atoms with Gasteiger partial charge in [0.1, 0.15) is 0 Å². The second kappa shape index (κ2) is 5.38. The molecule has 0 aromatic heterocycles. The fraction of sp³-hybridized carbons (Fsp3) is 0.929. The van der Waals surface area contributed by atoms with Crippen LogP contribution in [-0.2, 0) is 4.79 Å². The summed E-state index contributed by atoms with van der Waals surface area (Å²) in [5.41, 5.74) is 0. The van der Waals surface area contributed by atoms with E-state index in [1.54, 1.807) is 0 Å². The minimum absolute atomic E-state index is 0.0664. The Kier molecular flexibility index (Phi) is 4.08. The van der Waals surface area contributed by atoms with E-state index < -0.39 is 0 Å². The second-order valence-corrected chi connectivity index (χ2v) is 5.71. The highest BCUT2D eigenvalue weighted by molar-refractivity contribution is 5.84. The molecule has 0 aromatic carbocycles. The van der Waals surface area contributed by atoms with Crippen molar-refractivity contribution in [3.8, 4) is 0 Å². The van der Waals surface area contributed by atoms with Crippen LogP contribution in [0.15, 0.2) is 0 Å². The van der Waals surface area contributed by atoms with E-state index in [0.717, 1.165) is 31.2 Å². The molecule has 0 spiro atoms. The molecular formula is C14H26N2O. The molecule has 0 aromatic rings. The minimum Gasteiger partial charge on any atom is -0.326 e. The summed E-state index contributed by atoms with van der Waals surface area (Å²) in [6.45, 7) is 7.56. The molecule has 4 unspecified atom stereocenters. The third-order valence-corrected chi connectivity index (χ3v) is 4.62. The number of carbonyl (C=O) groups excluding carboxylic acids is 1. The van der Waals surface area contributed by atoms with Crippen LogP contribution in [0.3, 0.4) is 0 Å². The Morgan fingerprint density at radius 1 is 1.29 bits per heavy atom. The van der Waals surface area contributed by atoms with Crippen molar-refractivity contribution >= 4 is 5.91 Å². The summed E-state index contributed by atoms with van der Waals surface area (Å²) in [6, 6.07) is 0.0664. The first-order valence-electron chi connectivity index (χ1n) is 7.23. The van der Waals surface area contributed by atoms with Crippen molar-refractivity contribution in [3.05, 3.63) is 0 Å². The lowest BCUT2D eigenvalue weighted by atomic mass is 9.97. The molecule has 98 valence electrons.